The van der Waals surface area contributed by atoms with Crippen LogP contribution < -0.4 is 0 Å². The van der Waals surface area contributed by atoms with Gasteiger partial charge < -0.3 is 9.80 Å². The van der Waals surface area contributed by atoms with Gasteiger partial charge in [-0.15, -0.1) is 0 Å². The van der Waals surface area contributed by atoms with E-state index in [2.05, 4.69) is 59.2 Å². The molecule has 0 aromatic heterocycles. The molecule has 0 unspecified atom stereocenters. The first kappa shape index (κ1) is 19.4. The van der Waals surface area contributed by atoms with Crippen molar-refractivity contribution in [2.45, 2.75) is 45.4 Å². The number of hydrogen-bond donors (Lipinski definition) is 0. The molecule has 2 aromatic carbocycles. The van der Waals surface area contributed by atoms with E-state index >= 15 is 0 Å². The van der Waals surface area contributed by atoms with E-state index in [1.807, 2.05) is 0 Å². The van der Waals surface area contributed by atoms with Crippen LogP contribution in [0.2, 0.25) is 0 Å². The highest BCUT2D eigenvalue weighted by molar-refractivity contribution is 6.38. The number of fused-ring (bicyclic) bond motifs is 1. The van der Waals surface area contributed by atoms with Crippen molar-refractivity contribution in [2.24, 2.45) is 0 Å². The Balaban J connectivity index is 1.55. The number of unbranched alkanes of at least 4 members (excludes halogenated alkanes) is 4. The summed E-state index contributed by atoms with van der Waals surface area (Å²) in [6.07, 6.45) is 7.32. The predicted molar refractivity (Wildman–Crippen MR) is 113 cm³/mol. The Morgan fingerprint density at radius 3 is 2.31 bits per heavy atom. The second-order valence-electron chi connectivity index (χ2n) is 7.05. The third kappa shape index (κ3) is 4.66. The van der Waals surface area contributed by atoms with Crippen molar-refractivity contribution in [3.8, 4) is 0 Å². The van der Waals surface area contributed by atoms with Crippen molar-refractivity contribution in [1.29, 1.82) is 0 Å². The Labute approximate surface area is 167 Å². The van der Waals surface area contributed by atoms with Gasteiger partial charge in [0.05, 0.1) is 6.67 Å². The molecule has 0 N–H and O–H groups in total. The molecule has 0 spiro atoms. The molecule has 140 valence electrons. The van der Waals surface area contributed by atoms with Crippen molar-refractivity contribution in [1.82, 2.24) is 9.80 Å². The molecule has 0 saturated heterocycles. The Bertz CT molecular complexity index is 751. The third-order valence-electron chi connectivity index (χ3n) is 5.13. The maximum atomic E-state index is 6.50. The fourth-order valence-electron chi connectivity index (χ4n) is 3.60. The molecule has 1 heterocycles. The topological polar surface area (TPSA) is 6.48 Å². The first-order valence-corrected chi connectivity index (χ1v) is 10.5. The van der Waals surface area contributed by atoms with E-state index < -0.39 is 0 Å². The smallest absolute Gasteiger partial charge is 0.141 e. The van der Waals surface area contributed by atoms with Gasteiger partial charge in [-0.3, -0.25) is 0 Å². The van der Waals surface area contributed by atoms with E-state index in [0.29, 0.717) is 10.3 Å². The number of nitrogens with zero attached hydrogens (tertiary/aromatic N) is 2. The Morgan fingerprint density at radius 1 is 0.808 bits per heavy atom. The zero-order valence-electron chi connectivity index (χ0n) is 15.6. The normalized spacial score (nSPS) is 14.7. The Kier molecular flexibility index (Phi) is 7.10. The van der Waals surface area contributed by atoms with Crippen molar-refractivity contribution >= 4 is 34.0 Å². The van der Waals surface area contributed by atoms with Gasteiger partial charge in [-0.1, -0.05) is 98.3 Å². The molecule has 2 aromatic rings. The van der Waals surface area contributed by atoms with Crippen LogP contribution in [0.15, 0.2) is 52.8 Å². The van der Waals surface area contributed by atoms with Crippen LogP contribution in [-0.4, -0.2) is 29.6 Å². The second-order valence-corrected chi connectivity index (χ2v) is 7.77. The first-order valence-electron chi connectivity index (χ1n) is 9.72. The van der Waals surface area contributed by atoms with E-state index in [4.69, 9.17) is 23.2 Å². The second kappa shape index (κ2) is 9.53. The lowest BCUT2D eigenvalue weighted by Crippen LogP contribution is -2.29. The zero-order chi connectivity index (χ0) is 18.4. The lowest BCUT2D eigenvalue weighted by molar-refractivity contribution is 0.256. The van der Waals surface area contributed by atoms with Gasteiger partial charge in [0.2, 0.25) is 0 Å². The fraction of sp³-hybridized carbons (Fsp3) is 0.455. The lowest BCUT2D eigenvalue weighted by Gasteiger charge is -2.22. The minimum atomic E-state index is 0.695. The van der Waals surface area contributed by atoms with E-state index in [9.17, 15) is 0 Å². The maximum Gasteiger partial charge on any atom is 0.141 e. The minimum Gasteiger partial charge on any atom is -0.342 e. The molecule has 2 nitrogen and oxygen atoms in total. The van der Waals surface area contributed by atoms with Crippen LogP contribution in [-0.2, 0) is 6.42 Å². The minimum absolute atomic E-state index is 0.695. The van der Waals surface area contributed by atoms with Crippen molar-refractivity contribution in [3.63, 3.8) is 0 Å². The standard InChI is InChI=1S/C22H28Cl2N2/c1-2-3-4-5-8-15-25-17-26(22(24)21(25)23)16-14-19-12-9-11-18-10-6-7-13-20(18)19/h6-7,9-13H,2-5,8,14-17H2,1H3. The molecule has 0 amide bonds. The molecule has 1 aliphatic heterocycles. The van der Waals surface area contributed by atoms with Gasteiger partial charge >= 0.3 is 0 Å². The van der Waals surface area contributed by atoms with Crippen LogP contribution in [0.3, 0.4) is 0 Å². The van der Waals surface area contributed by atoms with Gasteiger partial charge in [0.1, 0.15) is 10.3 Å². The van der Waals surface area contributed by atoms with Crippen molar-refractivity contribution in [2.75, 3.05) is 19.8 Å². The average Bonchev–Trinajstić information content (AvgIpc) is 2.94. The summed E-state index contributed by atoms with van der Waals surface area (Å²) in [4.78, 5) is 4.40. The summed E-state index contributed by atoms with van der Waals surface area (Å²) in [5.41, 5.74) is 1.36. The molecular weight excluding hydrogens is 363 g/mol. The summed E-state index contributed by atoms with van der Waals surface area (Å²) in [5.74, 6) is 0. The Hall–Kier alpha value is -1.38. The molecule has 4 heteroatoms. The van der Waals surface area contributed by atoms with Gasteiger partial charge in [-0.25, -0.2) is 0 Å². The van der Waals surface area contributed by atoms with Crippen LogP contribution in [0, 0.1) is 0 Å². The molecule has 1 aliphatic rings. The Morgan fingerprint density at radius 2 is 1.50 bits per heavy atom. The summed E-state index contributed by atoms with van der Waals surface area (Å²) >= 11 is 13.0. The van der Waals surface area contributed by atoms with E-state index in [1.54, 1.807) is 0 Å². The summed E-state index contributed by atoms with van der Waals surface area (Å²) in [6, 6.07) is 15.1. The van der Waals surface area contributed by atoms with Crippen LogP contribution in [0.5, 0.6) is 0 Å². The lowest BCUT2D eigenvalue weighted by atomic mass is 10.0. The average molecular weight is 391 g/mol. The molecule has 0 radical (unpaired) electrons. The number of rotatable bonds is 9. The molecular formula is C22H28Cl2N2. The van der Waals surface area contributed by atoms with Gasteiger partial charge in [-0.2, -0.15) is 0 Å². The summed E-state index contributed by atoms with van der Waals surface area (Å²) in [7, 11) is 0. The molecule has 0 bridgehead atoms. The number of halogens is 2. The van der Waals surface area contributed by atoms with Gasteiger partial charge in [-0.05, 0) is 29.2 Å². The summed E-state index contributed by atoms with van der Waals surface area (Å²) < 4.78 is 0. The molecule has 0 fully saturated rings. The molecule has 26 heavy (non-hydrogen) atoms. The summed E-state index contributed by atoms with van der Waals surface area (Å²) in [5, 5.41) is 4.02. The van der Waals surface area contributed by atoms with Crippen LogP contribution in [0.1, 0.15) is 44.6 Å². The quantitative estimate of drug-likeness (QED) is 0.354. The maximum absolute atomic E-state index is 6.50. The number of hydrogen-bond acceptors (Lipinski definition) is 2. The predicted octanol–water partition coefficient (Wildman–Crippen LogP) is 6.53. The number of benzene rings is 2. The van der Waals surface area contributed by atoms with Crippen LogP contribution >= 0.6 is 23.2 Å². The highest BCUT2D eigenvalue weighted by atomic mass is 35.5. The third-order valence-corrected chi connectivity index (χ3v) is 6.06. The van der Waals surface area contributed by atoms with Gasteiger partial charge in [0.15, 0.2) is 0 Å². The highest BCUT2D eigenvalue weighted by Gasteiger charge is 2.26. The molecule has 3 rings (SSSR count). The van der Waals surface area contributed by atoms with E-state index in [1.165, 1.54) is 48.4 Å². The van der Waals surface area contributed by atoms with Crippen LogP contribution in [0.4, 0.5) is 0 Å². The zero-order valence-corrected chi connectivity index (χ0v) is 17.1. The highest BCUT2D eigenvalue weighted by Crippen LogP contribution is 2.30. The van der Waals surface area contributed by atoms with Gasteiger partial charge in [0, 0.05) is 13.1 Å². The SMILES string of the molecule is CCCCCCCN1CN(CCc2cccc3ccccc23)C(Cl)=C1Cl. The molecule has 0 aliphatic carbocycles. The fourth-order valence-corrected chi connectivity index (χ4v) is 4.12. The van der Waals surface area contributed by atoms with E-state index in [-0.39, 0.29) is 0 Å². The molecule has 0 saturated carbocycles. The monoisotopic (exact) mass is 390 g/mol. The first-order chi connectivity index (χ1) is 12.7. The van der Waals surface area contributed by atoms with Crippen molar-refractivity contribution < 1.29 is 0 Å². The van der Waals surface area contributed by atoms with Crippen LogP contribution in [0.25, 0.3) is 10.8 Å². The van der Waals surface area contributed by atoms with Crippen molar-refractivity contribution in [3.05, 3.63) is 58.3 Å². The summed E-state index contributed by atoms with van der Waals surface area (Å²) in [6.45, 7) is 4.92. The molecule has 0 atom stereocenters. The van der Waals surface area contributed by atoms with E-state index in [0.717, 1.165) is 26.2 Å². The van der Waals surface area contributed by atoms with Gasteiger partial charge in [0.25, 0.3) is 0 Å². The largest absolute Gasteiger partial charge is 0.342 e.